The highest BCUT2D eigenvalue weighted by Crippen LogP contribution is 2.30. The third-order valence-corrected chi connectivity index (χ3v) is 7.70. The summed E-state index contributed by atoms with van der Waals surface area (Å²) in [5.74, 6) is 0.960. The summed E-state index contributed by atoms with van der Waals surface area (Å²) in [7, 11) is -0.738. The topological polar surface area (TPSA) is 80.6 Å². The Morgan fingerprint density at radius 2 is 1.66 bits per heavy atom. The SMILES string of the molecule is COc1ccc(OC)c(S(=O)(=O)N2CC[NH+](CC(=O)N3CCCCCC3)CC2)c1. The highest BCUT2D eigenvalue weighted by molar-refractivity contribution is 7.89. The van der Waals surface area contributed by atoms with Gasteiger partial charge in [0, 0.05) is 19.2 Å². The molecule has 0 spiro atoms. The smallest absolute Gasteiger partial charge is 0.277 e. The number of ether oxygens (including phenoxy) is 2. The summed E-state index contributed by atoms with van der Waals surface area (Å²) in [6.45, 7) is 4.13. The highest BCUT2D eigenvalue weighted by atomic mass is 32.2. The van der Waals surface area contributed by atoms with Gasteiger partial charge in [-0.2, -0.15) is 4.31 Å². The summed E-state index contributed by atoms with van der Waals surface area (Å²) in [5.41, 5.74) is 0. The van der Waals surface area contributed by atoms with Crippen LogP contribution >= 0.6 is 0 Å². The molecule has 0 saturated carbocycles. The number of piperazine rings is 1. The van der Waals surface area contributed by atoms with E-state index in [9.17, 15) is 13.2 Å². The molecule has 9 heteroatoms. The Hall–Kier alpha value is -1.84. The van der Waals surface area contributed by atoms with E-state index in [-0.39, 0.29) is 10.8 Å². The molecule has 0 radical (unpaired) electrons. The number of quaternary nitrogens is 1. The van der Waals surface area contributed by atoms with Gasteiger partial charge in [-0.05, 0) is 25.0 Å². The number of carbonyl (C=O) groups excluding carboxylic acids is 1. The number of benzene rings is 1. The Morgan fingerprint density at radius 1 is 1.00 bits per heavy atom. The van der Waals surface area contributed by atoms with Crippen molar-refractivity contribution in [2.45, 2.75) is 30.6 Å². The number of likely N-dealkylation sites (tertiary alicyclic amines) is 1. The Morgan fingerprint density at radius 3 is 2.24 bits per heavy atom. The van der Waals surface area contributed by atoms with Gasteiger partial charge in [0.05, 0.1) is 40.4 Å². The molecule has 2 fully saturated rings. The minimum Gasteiger partial charge on any atom is -0.497 e. The summed E-state index contributed by atoms with van der Waals surface area (Å²) in [6.07, 6.45) is 4.55. The van der Waals surface area contributed by atoms with Crippen LogP contribution in [0.2, 0.25) is 0 Å². The molecule has 29 heavy (non-hydrogen) atoms. The van der Waals surface area contributed by atoms with E-state index in [1.807, 2.05) is 4.90 Å². The molecule has 1 aromatic carbocycles. The molecule has 3 rings (SSSR count). The highest BCUT2D eigenvalue weighted by Gasteiger charge is 2.34. The number of rotatable bonds is 6. The first kappa shape index (κ1) is 21.9. The van der Waals surface area contributed by atoms with Crippen molar-refractivity contribution in [3.05, 3.63) is 18.2 Å². The molecule has 2 heterocycles. The molecule has 2 aliphatic heterocycles. The zero-order chi connectivity index (χ0) is 20.9. The Kier molecular flexibility index (Phi) is 7.37. The van der Waals surface area contributed by atoms with Gasteiger partial charge >= 0.3 is 0 Å². The Labute approximate surface area is 173 Å². The second-order valence-corrected chi connectivity index (χ2v) is 9.55. The van der Waals surface area contributed by atoms with Crippen LogP contribution in [0.4, 0.5) is 0 Å². The van der Waals surface area contributed by atoms with Gasteiger partial charge in [0.15, 0.2) is 6.54 Å². The van der Waals surface area contributed by atoms with E-state index < -0.39 is 10.0 Å². The first-order chi connectivity index (χ1) is 14.0. The van der Waals surface area contributed by atoms with Crippen LogP contribution in [0.3, 0.4) is 0 Å². The zero-order valence-corrected chi connectivity index (χ0v) is 18.2. The lowest BCUT2D eigenvalue weighted by Crippen LogP contribution is -3.15. The lowest BCUT2D eigenvalue weighted by Gasteiger charge is -2.32. The maximum absolute atomic E-state index is 13.2. The molecule has 2 saturated heterocycles. The molecule has 162 valence electrons. The number of amides is 1. The van der Waals surface area contributed by atoms with Crippen molar-refractivity contribution in [1.29, 1.82) is 0 Å². The molecule has 0 bridgehead atoms. The lowest BCUT2D eigenvalue weighted by molar-refractivity contribution is -0.896. The molecular weight excluding hydrogens is 394 g/mol. The minimum atomic E-state index is -3.69. The molecule has 0 aromatic heterocycles. The number of sulfonamides is 1. The van der Waals surface area contributed by atoms with Crippen molar-refractivity contribution in [3.8, 4) is 11.5 Å². The van der Waals surface area contributed by atoms with Crippen LogP contribution in [0.25, 0.3) is 0 Å². The van der Waals surface area contributed by atoms with Gasteiger partial charge in [0.2, 0.25) is 10.0 Å². The maximum atomic E-state index is 13.2. The van der Waals surface area contributed by atoms with Gasteiger partial charge < -0.3 is 19.3 Å². The number of methoxy groups -OCH3 is 2. The van der Waals surface area contributed by atoms with Crippen LogP contribution in [0.1, 0.15) is 25.7 Å². The molecule has 0 unspecified atom stereocenters. The zero-order valence-electron chi connectivity index (χ0n) is 17.4. The van der Waals surface area contributed by atoms with Crippen LogP contribution in [-0.4, -0.2) is 83.6 Å². The van der Waals surface area contributed by atoms with Gasteiger partial charge in [-0.3, -0.25) is 4.79 Å². The fourth-order valence-electron chi connectivity index (χ4n) is 3.99. The monoisotopic (exact) mass is 426 g/mol. The Bertz CT molecular complexity index is 798. The van der Waals surface area contributed by atoms with E-state index in [0.717, 1.165) is 30.8 Å². The third-order valence-electron chi connectivity index (χ3n) is 5.78. The van der Waals surface area contributed by atoms with Crippen LogP contribution < -0.4 is 14.4 Å². The number of hydrogen-bond donors (Lipinski definition) is 1. The first-order valence-electron chi connectivity index (χ1n) is 10.3. The van der Waals surface area contributed by atoms with Gasteiger partial charge in [-0.1, -0.05) is 12.8 Å². The van der Waals surface area contributed by atoms with Crippen LogP contribution in [0.15, 0.2) is 23.1 Å². The predicted molar refractivity (Wildman–Crippen MR) is 109 cm³/mol. The molecule has 1 N–H and O–H groups in total. The molecule has 0 aliphatic carbocycles. The fourth-order valence-corrected chi connectivity index (χ4v) is 5.60. The van der Waals surface area contributed by atoms with Crippen LogP contribution in [0, 0.1) is 0 Å². The van der Waals surface area contributed by atoms with Crippen molar-refractivity contribution in [2.75, 3.05) is 60.0 Å². The minimum absolute atomic E-state index is 0.114. The van der Waals surface area contributed by atoms with Crippen molar-refractivity contribution >= 4 is 15.9 Å². The van der Waals surface area contributed by atoms with Crippen molar-refractivity contribution in [3.63, 3.8) is 0 Å². The first-order valence-corrected chi connectivity index (χ1v) is 11.7. The van der Waals surface area contributed by atoms with E-state index in [0.29, 0.717) is 44.2 Å². The second kappa shape index (κ2) is 9.77. The van der Waals surface area contributed by atoms with Crippen LogP contribution in [0.5, 0.6) is 11.5 Å². The summed E-state index contributed by atoms with van der Waals surface area (Å²) in [4.78, 5) is 15.8. The summed E-state index contributed by atoms with van der Waals surface area (Å²) >= 11 is 0. The number of nitrogens with zero attached hydrogens (tertiary/aromatic N) is 2. The number of carbonyl (C=O) groups is 1. The normalized spacial score (nSPS) is 19.6. The molecule has 2 aliphatic rings. The van der Waals surface area contributed by atoms with E-state index >= 15 is 0 Å². The quantitative estimate of drug-likeness (QED) is 0.693. The maximum Gasteiger partial charge on any atom is 0.277 e. The molecule has 1 amide bonds. The van der Waals surface area contributed by atoms with Crippen molar-refractivity contribution < 1.29 is 27.6 Å². The standard InChI is InChI=1S/C20H31N3O5S/c1-27-17-7-8-18(28-2)19(15-17)29(25,26)23-13-11-21(12-14-23)16-20(24)22-9-5-3-4-6-10-22/h7-8,15H,3-6,9-14,16H2,1-2H3/p+1. The average molecular weight is 427 g/mol. The van der Waals surface area contributed by atoms with E-state index in [1.165, 1.54) is 37.4 Å². The average Bonchev–Trinajstić information content (AvgIpc) is 3.03. The van der Waals surface area contributed by atoms with Gasteiger partial charge in [-0.15, -0.1) is 0 Å². The molecular formula is C20H32N3O5S+. The number of nitrogens with one attached hydrogen (secondary N) is 1. The largest absolute Gasteiger partial charge is 0.497 e. The van der Waals surface area contributed by atoms with Crippen molar-refractivity contribution in [1.82, 2.24) is 9.21 Å². The van der Waals surface area contributed by atoms with E-state index in [4.69, 9.17) is 9.47 Å². The van der Waals surface area contributed by atoms with Crippen LogP contribution in [-0.2, 0) is 14.8 Å². The fraction of sp³-hybridized carbons (Fsp3) is 0.650. The molecule has 1 aromatic rings. The second-order valence-electron chi connectivity index (χ2n) is 7.64. The molecule has 8 nitrogen and oxygen atoms in total. The summed E-state index contributed by atoms with van der Waals surface area (Å²) < 4.78 is 38.2. The van der Waals surface area contributed by atoms with E-state index in [1.54, 1.807) is 12.1 Å². The lowest BCUT2D eigenvalue weighted by atomic mass is 10.2. The number of hydrogen-bond acceptors (Lipinski definition) is 5. The summed E-state index contributed by atoms with van der Waals surface area (Å²) in [5, 5.41) is 0. The van der Waals surface area contributed by atoms with Gasteiger partial charge in [0.25, 0.3) is 5.91 Å². The molecule has 0 atom stereocenters. The van der Waals surface area contributed by atoms with E-state index in [2.05, 4.69) is 0 Å². The third kappa shape index (κ3) is 5.21. The summed E-state index contributed by atoms with van der Waals surface area (Å²) in [6, 6.07) is 4.78. The van der Waals surface area contributed by atoms with Gasteiger partial charge in [-0.25, -0.2) is 8.42 Å². The predicted octanol–water partition coefficient (Wildman–Crippen LogP) is -0.00440. The van der Waals surface area contributed by atoms with Crippen molar-refractivity contribution in [2.24, 2.45) is 0 Å². The van der Waals surface area contributed by atoms with Gasteiger partial charge in [0.1, 0.15) is 16.4 Å². The Balaban J connectivity index is 1.62.